The largest absolute Gasteiger partial charge is 0.461 e. The number of nitro groups is 2. The minimum atomic E-state index is -0.985. The summed E-state index contributed by atoms with van der Waals surface area (Å²) in [7, 11) is 0. The Hall–Kier alpha value is -5.20. The van der Waals surface area contributed by atoms with Crippen LogP contribution in [0.15, 0.2) is 78.7 Å². The second-order valence-electron chi connectivity index (χ2n) is 12.4. The molecule has 46 heavy (non-hydrogen) atoms. The predicted octanol–water partition coefficient (Wildman–Crippen LogP) is 5.71. The molecule has 5 atom stereocenters. The maximum absolute atomic E-state index is 13.3. The highest BCUT2D eigenvalue weighted by molar-refractivity contribution is 5.93. The van der Waals surface area contributed by atoms with Gasteiger partial charge in [0.1, 0.15) is 19.3 Å². The molecule has 2 aromatic rings. The zero-order valence-corrected chi connectivity index (χ0v) is 25.4. The molecule has 0 amide bonds. The molecule has 13 heteroatoms. The third kappa shape index (κ3) is 6.17. The molecule has 0 bridgehead atoms. The van der Waals surface area contributed by atoms with Crippen molar-refractivity contribution in [1.29, 1.82) is 0 Å². The lowest BCUT2D eigenvalue weighted by Gasteiger charge is -2.59. The van der Waals surface area contributed by atoms with Gasteiger partial charge in [0, 0.05) is 35.9 Å². The average molecular weight is 632 g/mol. The number of nitro benzene ring substituents is 2. The van der Waals surface area contributed by atoms with Crippen molar-refractivity contribution < 1.29 is 38.4 Å². The van der Waals surface area contributed by atoms with E-state index < -0.39 is 56.1 Å². The topological polar surface area (TPSA) is 178 Å². The molecule has 2 aliphatic carbocycles. The van der Waals surface area contributed by atoms with Gasteiger partial charge in [-0.15, -0.1) is 0 Å². The molecule has 0 N–H and O–H groups in total. The fourth-order valence-electron chi connectivity index (χ4n) is 7.27. The van der Waals surface area contributed by atoms with Crippen molar-refractivity contribution in [3.63, 3.8) is 0 Å². The second kappa shape index (κ2) is 12.7. The van der Waals surface area contributed by atoms with Gasteiger partial charge in [-0.25, -0.2) is 14.4 Å². The van der Waals surface area contributed by atoms with Gasteiger partial charge >= 0.3 is 17.9 Å². The number of fused-ring (bicyclic) bond motifs is 1. The number of benzene rings is 1. The van der Waals surface area contributed by atoms with Crippen molar-refractivity contribution in [2.75, 3.05) is 13.2 Å². The van der Waals surface area contributed by atoms with E-state index in [1.807, 2.05) is 13.0 Å². The number of nitrogens with zero attached hydrogens (tertiary/aromatic N) is 3. The molecule has 2 saturated carbocycles. The Labute approximate surface area is 264 Å². The number of hydrogen-bond donors (Lipinski definition) is 0. The number of hydrogen-bond acceptors (Lipinski definition) is 11. The van der Waals surface area contributed by atoms with Crippen molar-refractivity contribution in [3.05, 3.63) is 110 Å². The highest BCUT2D eigenvalue weighted by atomic mass is 16.6. The summed E-state index contributed by atoms with van der Waals surface area (Å²) in [6, 6.07) is 5.83. The van der Waals surface area contributed by atoms with Gasteiger partial charge < -0.3 is 14.2 Å². The summed E-state index contributed by atoms with van der Waals surface area (Å²) in [4.78, 5) is 63.8. The van der Waals surface area contributed by atoms with Gasteiger partial charge in [0.05, 0.1) is 32.6 Å². The summed E-state index contributed by atoms with van der Waals surface area (Å²) >= 11 is 0. The van der Waals surface area contributed by atoms with Crippen molar-refractivity contribution in [3.8, 4) is 0 Å². The second-order valence-corrected chi connectivity index (χ2v) is 12.4. The number of allylic oxidation sites excluding steroid dienone is 2. The smallest absolute Gasteiger partial charge is 0.339 e. The van der Waals surface area contributed by atoms with Gasteiger partial charge in [0.25, 0.3) is 11.4 Å². The Kier molecular flexibility index (Phi) is 8.86. The Bertz CT molecular complexity index is 1640. The van der Waals surface area contributed by atoms with Crippen LogP contribution in [-0.2, 0) is 19.0 Å². The van der Waals surface area contributed by atoms with Crippen LogP contribution in [0.3, 0.4) is 0 Å². The fraction of sp³-hybridized carbons (Fsp3) is 0.394. The van der Waals surface area contributed by atoms with E-state index in [1.54, 1.807) is 24.3 Å². The first-order valence-corrected chi connectivity index (χ1v) is 14.8. The number of pyridine rings is 1. The molecular formula is C33H33N3O10. The van der Waals surface area contributed by atoms with E-state index in [2.05, 4.69) is 18.5 Å². The lowest BCUT2D eigenvalue weighted by atomic mass is 9.46. The normalized spacial score (nSPS) is 27.3. The van der Waals surface area contributed by atoms with E-state index in [0.717, 1.165) is 23.8 Å². The third-order valence-corrected chi connectivity index (χ3v) is 9.62. The number of carbonyl (C=O) groups is 3. The van der Waals surface area contributed by atoms with Crippen LogP contribution in [0, 0.1) is 42.9 Å². The van der Waals surface area contributed by atoms with E-state index in [-0.39, 0.29) is 36.2 Å². The molecule has 5 rings (SSSR count). The molecule has 2 fully saturated rings. The number of aromatic nitrogens is 1. The molecule has 0 saturated heterocycles. The number of ether oxygens (including phenoxy) is 3. The van der Waals surface area contributed by atoms with E-state index in [9.17, 15) is 34.6 Å². The average Bonchev–Trinajstić information content (AvgIpc) is 3.45. The maximum Gasteiger partial charge on any atom is 0.339 e. The third-order valence-electron chi connectivity index (χ3n) is 9.62. The van der Waals surface area contributed by atoms with E-state index in [1.165, 1.54) is 12.4 Å². The van der Waals surface area contributed by atoms with Crippen molar-refractivity contribution in [2.45, 2.75) is 45.6 Å². The lowest BCUT2D eigenvalue weighted by molar-refractivity contribution is -0.394. The van der Waals surface area contributed by atoms with Crippen LogP contribution in [0.1, 0.15) is 60.2 Å². The molecule has 2 heterocycles. The maximum atomic E-state index is 13.3. The van der Waals surface area contributed by atoms with Crippen molar-refractivity contribution in [1.82, 2.24) is 4.98 Å². The number of non-ortho nitro benzene ring substituents is 2. The Balaban J connectivity index is 1.48. The zero-order chi connectivity index (χ0) is 33.2. The first kappa shape index (κ1) is 32.2. The zero-order valence-electron chi connectivity index (χ0n) is 25.4. The number of carbonyl (C=O) groups excluding carboxylic acids is 3. The molecule has 1 aromatic carbocycles. The summed E-state index contributed by atoms with van der Waals surface area (Å²) in [6.07, 6.45) is 9.96. The minimum absolute atomic E-state index is 0.162. The Morgan fingerprint density at radius 3 is 2.43 bits per heavy atom. The van der Waals surface area contributed by atoms with Gasteiger partial charge in [-0.05, 0) is 55.2 Å². The van der Waals surface area contributed by atoms with E-state index in [4.69, 9.17) is 14.2 Å². The highest BCUT2D eigenvalue weighted by Gasteiger charge is 2.59. The van der Waals surface area contributed by atoms with Crippen molar-refractivity contribution in [2.24, 2.45) is 22.7 Å². The van der Waals surface area contributed by atoms with Crippen molar-refractivity contribution >= 4 is 29.3 Å². The first-order valence-electron chi connectivity index (χ1n) is 14.8. The van der Waals surface area contributed by atoms with E-state index >= 15 is 0 Å². The van der Waals surface area contributed by atoms with E-state index in [0.29, 0.717) is 31.3 Å². The van der Waals surface area contributed by atoms with Crippen LogP contribution >= 0.6 is 0 Å². The number of rotatable bonds is 9. The Morgan fingerprint density at radius 1 is 1.11 bits per heavy atom. The van der Waals surface area contributed by atoms with Crippen LogP contribution in [0.25, 0.3) is 0 Å². The molecule has 3 aliphatic rings. The summed E-state index contributed by atoms with van der Waals surface area (Å²) in [5.74, 6) is -2.32. The SMILES string of the molecule is C=C1CC[C@@H]2[C@](C)(COC(=O)c3cc([N+](=O)[O-])cc([N+](=O)[O-])c3)[C@H](OC(=O)c3cccnc3)CC[C@@]2(C)[C@@H]1/C=C/C1=CCOC1=O. The molecular weight excluding hydrogens is 598 g/mol. The standard InChI is InChI=1S/C33H33N3O10/c1-20-6-9-27-32(2,26(20)8-7-21-11-14-44-29(21)37)12-10-28(46-31(39)22-5-4-13-34-18-22)33(27,3)19-45-30(38)23-15-24(35(40)41)17-25(16-23)36(42)43/h4-5,7-8,11,13,15-18,26-28H,1,6,9-10,12,14,19H2,2-3H3/b8-7+/t26-,27+,28-,32+,33+/m1/s1. The molecule has 13 nitrogen and oxygen atoms in total. The van der Waals surface area contributed by atoms with Gasteiger partial charge in [0.15, 0.2) is 0 Å². The molecule has 1 aromatic heterocycles. The summed E-state index contributed by atoms with van der Waals surface area (Å²) in [6.45, 7) is 8.30. The fourth-order valence-corrected chi connectivity index (χ4v) is 7.27. The molecule has 1 aliphatic heterocycles. The van der Waals surface area contributed by atoms with Crippen LogP contribution in [0.4, 0.5) is 11.4 Å². The van der Waals surface area contributed by atoms with Crippen LogP contribution in [-0.4, -0.2) is 52.1 Å². The Morgan fingerprint density at radius 2 is 1.83 bits per heavy atom. The molecule has 0 unspecified atom stereocenters. The van der Waals surface area contributed by atoms with Gasteiger partial charge in [-0.3, -0.25) is 25.2 Å². The number of cyclic esters (lactones) is 1. The number of esters is 3. The van der Waals surface area contributed by atoms with Crippen LogP contribution in [0.2, 0.25) is 0 Å². The monoisotopic (exact) mass is 631 g/mol. The summed E-state index contributed by atoms with van der Waals surface area (Å²) in [5.41, 5.74) is -1.29. The first-order chi connectivity index (χ1) is 21.8. The molecule has 240 valence electrons. The minimum Gasteiger partial charge on any atom is -0.461 e. The quantitative estimate of drug-likeness (QED) is 0.109. The van der Waals surface area contributed by atoms with Gasteiger partial charge in [-0.2, -0.15) is 0 Å². The van der Waals surface area contributed by atoms with Crippen LogP contribution < -0.4 is 0 Å². The molecule has 0 radical (unpaired) electrons. The predicted molar refractivity (Wildman–Crippen MR) is 162 cm³/mol. The van der Waals surface area contributed by atoms with Gasteiger partial charge in [0.2, 0.25) is 0 Å². The van der Waals surface area contributed by atoms with Gasteiger partial charge in [-0.1, -0.05) is 38.2 Å². The summed E-state index contributed by atoms with van der Waals surface area (Å²) < 4.78 is 16.9. The molecule has 0 spiro atoms. The lowest BCUT2D eigenvalue weighted by Crippen LogP contribution is -2.58. The highest BCUT2D eigenvalue weighted by Crippen LogP contribution is 2.62. The van der Waals surface area contributed by atoms with Crippen LogP contribution in [0.5, 0.6) is 0 Å². The summed E-state index contributed by atoms with van der Waals surface area (Å²) in [5, 5.41) is 22.8.